The van der Waals surface area contributed by atoms with Crippen molar-refractivity contribution in [1.82, 2.24) is 4.90 Å². The highest BCUT2D eigenvalue weighted by Crippen LogP contribution is 2.28. The Balaban J connectivity index is 1.81. The summed E-state index contributed by atoms with van der Waals surface area (Å²) in [5.41, 5.74) is 4.11. The Labute approximate surface area is 164 Å². The van der Waals surface area contributed by atoms with Crippen LogP contribution in [-0.2, 0) is 12.8 Å². The van der Waals surface area contributed by atoms with E-state index in [1.807, 2.05) is 32.0 Å². The molecule has 0 bridgehead atoms. The van der Waals surface area contributed by atoms with E-state index in [2.05, 4.69) is 10.6 Å². The summed E-state index contributed by atoms with van der Waals surface area (Å²) in [7, 11) is 0. The summed E-state index contributed by atoms with van der Waals surface area (Å²) in [5, 5.41) is 5.70. The lowest BCUT2D eigenvalue weighted by atomic mass is 10.0. The zero-order valence-corrected chi connectivity index (χ0v) is 16.6. The molecule has 0 aliphatic carbocycles. The summed E-state index contributed by atoms with van der Waals surface area (Å²) in [6.07, 6.45) is 1.62. The van der Waals surface area contributed by atoms with Crippen LogP contribution in [0.5, 0.6) is 0 Å². The number of carbonyl (C=O) groups excluding carboxylic acids is 3. The van der Waals surface area contributed by atoms with Gasteiger partial charge >= 0.3 is 6.03 Å². The molecule has 1 heterocycles. The van der Waals surface area contributed by atoms with E-state index in [4.69, 9.17) is 0 Å². The summed E-state index contributed by atoms with van der Waals surface area (Å²) in [6.45, 7) is 7.68. The lowest BCUT2D eigenvalue weighted by Gasteiger charge is -2.17. The number of imide groups is 1. The second-order valence-electron chi connectivity index (χ2n) is 7.07. The van der Waals surface area contributed by atoms with Gasteiger partial charge in [0.2, 0.25) is 0 Å². The molecule has 0 aromatic heterocycles. The number of hydrogen-bond donors (Lipinski definition) is 2. The highest BCUT2D eigenvalue weighted by molar-refractivity contribution is 6.22. The van der Waals surface area contributed by atoms with Gasteiger partial charge in [-0.3, -0.25) is 14.5 Å². The van der Waals surface area contributed by atoms with Gasteiger partial charge in [0.15, 0.2) is 0 Å². The van der Waals surface area contributed by atoms with Crippen LogP contribution in [0.2, 0.25) is 0 Å². The molecule has 6 heteroatoms. The van der Waals surface area contributed by atoms with Crippen LogP contribution in [0.15, 0.2) is 36.4 Å². The number of para-hydroxylation sites is 1. The second kappa shape index (κ2) is 7.84. The van der Waals surface area contributed by atoms with E-state index in [0.29, 0.717) is 16.8 Å². The number of rotatable bonds is 5. The first-order valence-corrected chi connectivity index (χ1v) is 9.58. The van der Waals surface area contributed by atoms with Crippen molar-refractivity contribution in [3.05, 3.63) is 58.7 Å². The molecule has 0 radical (unpaired) electrons. The number of urea groups is 1. The molecular weight excluding hydrogens is 354 g/mol. The Morgan fingerprint density at radius 3 is 2.11 bits per heavy atom. The quantitative estimate of drug-likeness (QED) is 0.753. The smallest absolute Gasteiger partial charge is 0.308 e. The largest absolute Gasteiger partial charge is 0.323 e. The number of fused-ring (bicyclic) bond motifs is 1. The van der Waals surface area contributed by atoms with Gasteiger partial charge in [0.25, 0.3) is 11.8 Å². The Kier molecular flexibility index (Phi) is 5.49. The molecule has 0 atom stereocenters. The molecule has 2 N–H and O–H groups in total. The minimum absolute atomic E-state index is 0.217. The maximum absolute atomic E-state index is 12.6. The number of benzene rings is 2. The number of nitrogens with one attached hydrogen (secondary N) is 2. The Hall–Kier alpha value is -3.15. The molecule has 0 unspecified atom stereocenters. The van der Waals surface area contributed by atoms with Crippen molar-refractivity contribution < 1.29 is 14.4 Å². The van der Waals surface area contributed by atoms with E-state index < -0.39 is 0 Å². The topological polar surface area (TPSA) is 78.5 Å². The maximum Gasteiger partial charge on any atom is 0.323 e. The first-order chi connectivity index (χ1) is 13.4. The molecular formula is C22H25N3O3. The highest BCUT2D eigenvalue weighted by Gasteiger charge is 2.37. The van der Waals surface area contributed by atoms with Crippen LogP contribution in [0.3, 0.4) is 0 Å². The number of carbonyl (C=O) groups is 3. The molecule has 1 aliphatic rings. The SMILES string of the molecule is CCc1cccc(CC)c1NC(=O)Nc1ccc2c(c1)C(=O)N(C(C)C)C2=O. The second-order valence-corrected chi connectivity index (χ2v) is 7.07. The number of anilines is 2. The summed E-state index contributed by atoms with van der Waals surface area (Å²) < 4.78 is 0. The van der Waals surface area contributed by atoms with Gasteiger partial charge in [-0.2, -0.15) is 0 Å². The van der Waals surface area contributed by atoms with Crippen molar-refractivity contribution in [2.45, 2.75) is 46.6 Å². The third-order valence-corrected chi connectivity index (χ3v) is 4.93. The number of aryl methyl sites for hydroxylation is 2. The van der Waals surface area contributed by atoms with Crippen LogP contribution in [0.1, 0.15) is 59.5 Å². The van der Waals surface area contributed by atoms with Crippen molar-refractivity contribution in [2.24, 2.45) is 0 Å². The van der Waals surface area contributed by atoms with Gasteiger partial charge < -0.3 is 10.6 Å². The Morgan fingerprint density at radius 1 is 0.929 bits per heavy atom. The average molecular weight is 379 g/mol. The predicted molar refractivity (Wildman–Crippen MR) is 110 cm³/mol. The minimum Gasteiger partial charge on any atom is -0.308 e. The zero-order valence-electron chi connectivity index (χ0n) is 16.6. The molecule has 146 valence electrons. The zero-order chi connectivity index (χ0) is 20.4. The fourth-order valence-electron chi connectivity index (χ4n) is 3.49. The van der Waals surface area contributed by atoms with Crippen LogP contribution in [0.25, 0.3) is 0 Å². The van der Waals surface area contributed by atoms with Gasteiger partial charge in [0.05, 0.1) is 11.1 Å². The van der Waals surface area contributed by atoms with Gasteiger partial charge in [0.1, 0.15) is 0 Å². The van der Waals surface area contributed by atoms with Crippen molar-refractivity contribution in [2.75, 3.05) is 10.6 Å². The maximum atomic E-state index is 12.6. The summed E-state index contributed by atoms with van der Waals surface area (Å²) >= 11 is 0. The van der Waals surface area contributed by atoms with Crippen molar-refractivity contribution in [3.8, 4) is 0 Å². The summed E-state index contributed by atoms with van der Waals surface area (Å²) in [6, 6.07) is 10.2. The average Bonchev–Trinajstić information content (AvgIpc) is 2.92. The third-order valence-electron chi connectivity index (χ3n) is 4.93. The van der Waals surface area contributed by atoms with Crippen molar-refractivity contribution in [3.63, 3.8) is 0 Å². The minimum atomic E-state index is -0.381. The fraction of sp³-hybridized carbons (Fsp3) is 0.318. The molecule has 0 spiro atoms. The Bertz CT molecular complexity index is 928. The van der Waals surface area contributed by atoms with Crippen LogP contribution >= 0.6 is 0 Å². The molecule has 1 aliphatic heterocycles. The standard InChI is InChI=1S/C22H25N3O3/c1-5-14-8-7-9-15(6-2)19(14)24-22(28)23-16-10-11-17-18(12-16)21(27)25(13(3)4)20(17)26/h7-13H,5-6H2,1-4H3,(H2,23,24,28). The summed E-state index contributed by atoms with van der Waals surface area (Å²) in [4.78, 5) is 38.7. The van der Waals surface area contributed by atoms with E-state index in [-0.39, 0.29) is 23.9 Å². The van der Waals surface area contributed by atoms with Gasteiger partial charge in [-0.15, -0.1) is 0 Å². The first-order valence-electron chi connectivity index (χ1n) is 9.58. The van der Waals surface area contributed by atoms with Gasteiger partial charge in [-0.1, -0.05) is 32.0 Å². The molecule has 2 aromatic carbocycles. The predicted octanol–water partition coefficient (Wildman–Crippen LogP) is 4.46. The van der Waals surface area contributed by atoms with Crippen LogP contribution in [-0.4, -0.2) is 28.8 Å². The number of nitrogens with zero attached hydrogens (tertiary/aromatic N) is 1. The molecule has 28 heavy (non-hydrogen) atoms. The van der Waals surface area contributed by atoms with Gasteiger partial charge in [-0.05, 0) is 56.0 Å². The number of hydrogen-bond acceptors (Lipinski definition) is 3. The van der Waals surface area contributed by atoms with E-state index >= 15 is 0 Å². The molecule has 2 aromatic rings. The highest BCUT2D eigenvalue weighted by atomic mass is 16.2. The molecule has 6 nitrogen and oxygen atoms in total. The first kappa shape index (κ1) is 19.6. The van der Waals surface area contributed by atoms with Crippen LogP contribution in [0.4, 0.5) is 16.2 Å². The van der Waals surface area contributed by atoms with Crippen LogP contribution < -0.4 is 10.6 Å². The monoisotopic (exact) mass is 379 g/mol. The summed E-state index contributed by atoms with van der Waals surface area (Å²) in [5.74, 6) is -0.626. The van der Waals surface area contributed by atoms with E-state index in [0.717, 1.165) is 29.7 Å². The Morgan fingerprint density at radius 2 is 1.54 bits per heavy atom. The van der Waals surface area contributed by atoms with E-state index in [1.165, 1.54) is 4.90 Å². The van der Waals surface area contributed by atoms with Crippen LogP contribution in [0, 0.1) is 0 Å². The lowest BCUT2D eigenvalue weighted by Crippen LogP contribution is -2.35. The normalized spacial score (nSPS) is 13.1. The molecule has 4 amide bonds. The van der Waals surface area contributed by atoms with Crippen molar-refractivity contribution >= 4 is 29.2 Å². The van der Waals surface area contributed by atoms with E-state index in [1.54, 1.807) is 32.0 Å². The molecule has 0 saturated heterocycles. The number of amides is 4. The van der Waals surface area contributed by atoms with Gasteiger partial charge in [-0.25, -0.2) is 4.79 Å². The van der Waals surface area contributed by atoms with E-state index in [9.17, 15) is 14.4 Å². The van der Waals surface area contributed by atoms with Crippen molar-refractivity contribution in [1.29, 1.82) is 0 Å². The lowest BCUT2D eigenvalue weighted by molar-refractivity contribution is 0.0609. The molecule has 0 saturated carbocycles. The molecule has 0 fully saturated rings. The van der Waals surface area contributed by atoms with Gasteiger partial charge in [0, 0.05) is 17.4 Å². The third kappa shape index (κ3) is 3.50. The fourth-order valence-corrected chi connectivity index (χ4v) is 3.49. The molecule has 3 rings (SSSR count).